The highest BCUT2D eigenvalue weighted by molar-refractivity contribution is 5.33. The van der Waals surface area contributed by atoms with E-state index in [1.165, 1.54) is 0 Å². The van der Waals surface area contributed by atoms with Gasteiger partial charge < -0.3 is 14.4 Å². The van der Waals surface area contributed by atoms with Crippen molar-refractivity contribution in [3.63, 3.8) is 0 Å². The monoisotopic (exact) mass is 312 g/mol. The Kier molecular flexibility index (Phi) is 4.17. The normalized spacial score (nSPS) is 27.0. The van der Waals surface area contributed by atoms with E-state index in [2.05, 4.69) is 19.9 Å². The number of rotatable bonds is 4. The molecule has 4 rings (SSSR count). The van der Waals surface area contributed by atoms with Gasteiger partial charge >= 0.3 is 0 Å². The van der Waals surface area contributed by atoms with E-state index in [4.69, 9.17) is 9.47 Å². The average molecular weight is 312 g/mol. The predicted molar refractivity (Wildman–Crippen MR) is 85.0 cm³/mol. The van der Waals surface area contributed by atoms with Crippen LogP contribution in [0.15, 0.2) is 43.0 Å². The number of nitrogens with zero attached hydrogens (tertiary/aromatic N) is 4. The molecule has 3 heterocycles. The number of fused-ring (bicyclic) bond motifs is 2. The minimum Gasteiger partial charge on any atom is -0.374 e. The first-order chi connectivity index (χ1) is 11.4. The fraction of sp³-hybridized carbons (Fsp3) is 0.471. The molecule has 0 aromatic carbocycles. The molecule has 2 aromatic rings. The van der Waals surface area contributed by atoms with E-state index in [-0.39, 0.29) is 18.2 Å². The quantitative estimate of drug-likeness (QED) is 0.858. The van der Waals surface area contributed by atoms with Crippen molar-refractivity contribution < 1.29 is 9.47 Å². The van der Waals surface area contributed by atoms with E-state index < -0.39 is 0 Å². The maximum absolute atomic E-state index is 6.23. The lowest BCUT2D eigenvalue weighted by Crippen LogP contribution is -2.44. The van der Waals surface area contributed by atoms with Gasteiger partial charge in [-0.3, -0.25) is 4.98 Å². The standard InChI is InChI=1S/C17H20N4O2/c1-3-13(11-18-6-1)12-23-16-14-4-5-15(16)22-10-9-21(14)17-19-7-2-8-20-17/h1-3,6-8,11,14-16H,4-5,9-10,12H2. The molecular weight excluding hydrogens is 292 g/mol. The zero-order valence-corrected chi connectivity index (χ0v) is 12.9. The average Bonchev–Trinajstić information content (AvgIpc) is 2.90. The second-order valence-electron chi connectivity index (χ2n) is 5.93. The van der Waals surface area contributed by atoms with Crippen LogP contribution in [0.1, 0.15) is 18.4 Å². The Morgan fingerprint density at radius 3 is 2.91 bits per heavy atom. The Bertz CT molecular complexity index is 625. The molecule has 0 amide bonds. The number of aromatic nitrogens is 3. The van der Waals surface area contributed by atoms with E-state index >= 15 is 0 Å². The topological polar surface area (TPSA) is 60.4 Å². The summed E-state index contributed by atoms with van der Waals surface area (Å²) in [6, 6.07) is 6.07. The molecule has 1 saturated heterocycles. The van der Waals surface area contributed by atoms with Gasteiger partial charge in [0, 0.05) is 31.3 Å². The molecule has 1 aliphatic carbocycles. The molecule has 2 aliphatic rings. The number of ether oxygens (including phenoxy) is 2. The summed E-state index contributed by atoms with van der Waals surface area (Å²) >= 11 is 0. The first-order valence-electron chi connectivity index (χ1n) is 8.07. The smallest absolute Gasteiger partial charge is 0.225 e. The predicted octanol–water partition coefficient (Wildman–Crippen LogP) is 1.82. The van der Waals surface area contributed by atoms with Gasteiger partial charge in [0.1, 0.15) is 6.10 Å². The Hall–Kier alpha value is -2.05. The molecule has 120 valence electrons. The lowest BCUT2D eigenvalue weighted by molar-refractivity contribution is -0.0555. The first-order valence-corrected chi connectivity index (χ1v) is 8.07. The van der Waals surface area contributed by atoms with Crippen molar-refractivity contribution in [3.05, 3.63) is 48.5 Å². The number of hydrogen-bond donors (Lipinski definition) is 0. The van der Waals surface area contributed by atoms with Gasteiger partial charge in [-0.15, -0.1) is 0 Å². The fourth-order valence-corrected chi connectivity index (χ4v) is 3.47. The summed E-state index contributed by atoms with van der Waals surface area (Å²) in [6.07, 6.45) is 9.45. The summed E-state index contributed by atoms with van der Waals surface area (Å²) in [7, 11) is 0. The molecule has 1 aliphatic heterocycles. The van der Waals surface area contributed by atoms with Crippen LogP contribution in [0.25, 0.3) is 0 Å². The van der Waals surface area contributed by atoms with E-state index in [9.17, 15) is 0 Å². The molecule has 0 spiro atoms. The van der Waals surface area contributed by atoms with Crippen molar-refractivity contribution in [3.8, 4) is 0 Å². The van der Waals surface area contributed by atoms with E-state index in [0.717, 1.165) is 30.9 Å². The third kappa shape index (κ3) is 3.04. The number of hydrogen-bond acceptors (Lipinski definition) is 6. The molecule has 0 radical (unpaired) electrons. The van der Waals surface area contributed by atoms with Crippen LogP contribution in [-0.4, -0.2) is 46.4 Å². The Labute approximate surface area is 135 Å². The van der Waals surface area contributed by atoms with Crippen molar-refractivity contribution in [1.82, 2.24) is 15.0 Å². The van der Waals surface area contributed by atoms with Crippen molar-refractivity contribution in [2.24, 2.45) is 0 Å². The lowest BCUT2D eigenvalue weighted by Gasteiger charge is -2.31. The van der Waals surface area contributed by atoms with Crippen LogP contribution in [0.3, 0.4) is 0 Å². The summed E-state index contributed by atoms with van der Waals surface area (Å²) < 4.78 is 12.2. The van der Waals surface area contributed by atoms with Crippen LogP contribution < -0.4 is 4.90 Å². The van der Waals surface area contributed by atoms with E-state index in [0.29, 0.717) is 13.2 Å². The Balaban J connectivity index is 1.52. The number of anilines is 1. The number of pyridine rings is 1. The molecular formula is C17H20N4O2. The van der Waals surface area contributed by atoms with E-state index in [1.54, 1.807) is 18.6 Å². The van der Waals surface area contributed by atoms with Gasteiger partial charge in [0.25, 0.3) is 0 Å². The summed E-state index contributed by atoms with van der Waals surface area (Å²) in [5, 5.41) is 0. The summed E-state index contributed by atoms with van der Waals surface area (Å²) in [4.78, 5) is 15.2. The van der Waals surface area contributed by atoms with Crippen LogP contribution in [-0.2, 0) is 16.1 Å². The van der Waals surface area contributed by atoms with Gasteiger partial charge in [0.15, 0.2) is 0 Å². The highest BCUT2D eigenvalue weighted by Crippen LogP contribution is 2.33. The fourth-order valence-electron chi connectivity index (χ4n) is 3.47. The highest BCUT2D eigenvalue weighted by atomic mass is 16.5. The molecule has 3 atom stereocenters. The summed E-state index contributed by atoms with van der Waals surface area (Å²) in [5.74, 6) is 0.763. The highest BCUT2D eigenvalue weighted by Gasteiger charge is 2.43. The first kappa shape index (κ1) is 14.5. The summed E-state index contributed by atoms with van der Waals surface area (Å²) in [5.41, 5.74) is 1.08. The van der Waals surface area contributed by atoms with Crippen molar-refractivity contribution in [1.29, 1.82) is 0 Å². The molecule has 1 saturated carbocycles. The van der Waals surface area contributed by atoms with Gasteiger partial charge in [0.05, 0.1) is 25.4 Å². The molecule has 6 nitrogen and oxygen atoms in total. The largest absolute Gasteiger partial charge is 0.374 e. The molecule has 3 unspecified atom stereocenters. The summed E-state index contributed by atoms with van der Waals surface area (Å²) in [6.45, 7) is 2.04. The van der Waals surface area contributed by atoms with Crippen molar-refractivity contribution in [2.75, 3.05) is 18.1 Å². The van der Waals surface area contributed by atoms with Crippen LogP contribution in [0.4, 0.5) is 5.95 Å². The van der Waals surface area contributed by atoms with Gasteiger partial charge in [-0.05, 0) is 30.5 Å². The van der Waals surface area contributed by atoms with Crippen LogP contribution in [0, 0.1) is 0 Å². The van der Waals surface area contributed by atoms with Gasteiger partial charge in [0.2, 0.25) is 5.95 Å². The van der Waals surface area contributed by atoms with Crippen LogP contribution >= 0.6 is 0 Å². The molecule has 2 bridgehead atoms. The third-order valence-corrected chi connectivity index (χ3v) is 4.53. The maximum atomic E-state index is 6.23. The molecule has 2 aromatic heterocycles. The zero-order chi connectivity index (χ0) is 15.5. The lowest BCUT2D eigenvalue weighted by atomic mass is 10.1. The van der Waals surface area contributed by atoms with Gasteiger partial charge in [-0.2, -0.15) is 0 Å². The zero-order valence-electron chi connectivity index (χ0n) is 12.9. The Morgan fingerprint density at radius 2 is 2.09 bits per heavy atom. The maximum Gasteiger partial charge on any atom is 0.225 e. The van der Waals surface area contributed by atoms with Crippen LogP contribution in [0.5, 0.6) is 0 Å². The SMILES string of the molecule is c1cnc(N2CCOC3CCC2C3OCc2cccnc2)nc1. The second-order valence-corrected chi connectivity index (χ2v) is 5.93. The van der Waals surface area contributed by atoms with Gasteiger partial charge in [-0.1, -0.05) is 6.07 Å². The van der Waals surface area contributed by atoms with Crippen molar-refractivity contribution in [2.45, 2.75) is 37.7 Å². The van der Waals surface area contributed by atoms with Crippen molar-refractivity contribution >= 4 is 5.95 Å². The van der Waals surface area contributed by atoms with E-state index in [1.807, 2.05) is 24.4 Å². The molecule has 0 N–H and O–H groups in total. The van der Waals surface area contributed by atoms with Gasteiger partial charge in [-0.25, -0.2) is 9.97 Å². The molecule has 6 heteroatoms. The molecule has 2 fully saturated rings. The second kappa shape index (κ2) is 6.60. The van der Waals surface area contributed by atoms with Crippen LogP contribution in [0.2, 0.25) is 0 Å². The third-order valence-electron chi connectivity index (χ3n) is 4.53. The minimum absolute atomic E-state index is 0.0431. The minimum atomic E-state index is 0.0431. The Morgan fingerprint density at radius 1 is 1.17 bits per heavy atom. The molecule has 23 heavy (non-hydrogen) atoms.